The summed E-state index contributed by atoms with van der Waals surface area (Å²) >= 11 is 0. The number of carbonyl (C=O) groups excluding carboxylic acids is 2. The van der Waals surface area contributed by atoms with Crippen LogP contribution in [0.25, 0.3) is 0 Å². The molecular weight excluding hydrogens is 425 g/mol. The summed E-state index contributed by atoms with van der Waals surface area (Å²) in [6.07, 6.45) is -3.80. The molecule has 2 aromatic carbocycles. The van der Waals surface area contributed by atoms with Gasteiger partial charge in [-0.05, 0) is 50.6 Å². The molecule has 174 valence electrons. The van der Waals surface area contributed by atoms with Gasteiger partial charge in [0.25, 0.3) is 5.91 Å². The van der Waals surface area contributed by atoms with Crippen molar-refractivity contribution in [1.29, 1.82) is 0 Å². The van der Waals surface area contributed by atoms with Gasteiger partial charge in [0.2, 0.25) is 5.91 Å². The fourth-order valence-electron chi connectivity index (χ4n) is 2.95. The number of ether oxygens (including phenoxy) is 2. The van der Waals surface area contributed by atoms with Crippen molar-refractivity contribution in [3.63, 3.8) is 0 Å². The van der Waals surface area contributed by atoms with E-state index in [1.54, 1.807) is 26.0 Å². The third-order valence-electron chi connectivity index (χ3n) is 4.46. The number of amides is 2. The molecule has 0 aliphatic carbocycles. The van der Waals surface area contributed by atoms with Crippen molar-refractivity contribution < 1.29 is 32.2 Å². The second kappa shape index (κ2) is 11.4. The van der Waals surface area contributed by atoms with Crippen molar-refractivity contribution in [1.82, 2.24) is 4.90 Å². The van der Waals surface area contributed by atoms with Crippen LogP contribution in [0.1, 0.15) is 43.1 Å². The Hall–Kier alpha value is -3.23. The van der Waals surface area contributed by atoms with Gasteiger partial charge in [-0.2, -0.15) is 13.2 Å². The Labute approximate surface area is 185 Å². The third kappa shape index (κ3) is 6.63. The molecule has 2 aromatic rings. The van der Waals surface area contributed by atoms with Crippen LogP contribution in [0, 0.1) is 0 Å². The molecule has 0 unspecified atom stereocenters. The van der Waals surface area contributed by atoms with Crippen molar-refractivity contribution in [2.75, 3.05) is 31.6 Å². The fraction of sp³-hybridized carbons (Fsp3) is 0.391. The Morgan fingerprint density at radius 1 is 1.00 bits per heavy atom. The largest absolute Gasteiger partial charge is 0.490 e. The van der Waals surface area contributed by atoms with Gasteiger partial charge in [-0.25, -0.2) is 0 Å². The van der Waals surface area contributed by atoms with Gasteiger partial charge in [-0.15, -0.1) is 0 Å². The SMILES string of the molecule is CCCOc1ccc(C(=O)N(CC)CC(=O)Nc2ccccc2C(F)(F)F)cc1OCC. The Kier molecular flexibility index (Phi) is 8.92. The lowest BCUT2D eigenvalue weighted by atomic mass is 10.1. The first-order valence-corrected chi connectivity index (χ1v) is 10.4. The molecule has 0 saturated carbocycles. The smallest absolute Gasteiger partial charge is 0.418 e. The van der Waals surface area contributed by atoms with Gasteiger partial charge in [0.15, 0.2) is 11.5 Å². The Morgan fingerprint density at radius 2 is 1.72 bits per heavy atom. The summed E-state index contributed by atoms with van der Waals surface area (Å²) in [5, 5.41) is 2.25. The highest BCUT2D eigenvalue weighted by Gasteiger charge is 2.33. The number of carbonyl (C=O) groups is 2. The van der Waals surface area contributed by atoms with Gasteiger partial charge in [0.1, 0.15) is 6.54 Å². The van der Waals surface area contributed by atoms with Gasteiger partial charge in [0, 0.05) is 12.1 Å². The van der Waals surface area contributed by atoms with Gasteiger partial charge in [0.05, 0.1) is 24.5 Å². The van der Waals surface area contributed by atoms with E-state index in [-0.39, 0.29) is 17.8 Å². The summed E-state index contributed by atoms with van der Waals surface area (Å²) in [6.45, 7) is 6.10. The number of hydrogen-bond donors (Lipinski definition) is 1. The van der Waals surface area contributed by atoms with Crippen LogP contribution in [0.5, 0.6) is 11.5 Å². The zero-order valence-electron chi connectivity index (χ0n) is 18.3. The number of rotatable bonds is 10. The molecule has 0 aliphatic rings. The summed E-state index contributed by atoms with van der Waals surface area (Å²) in [7, 11) is 0. The van der Waals surface area contributed by atoms with Crippen LogP contribution in [0.3, 0.4) is 0 Å². The summed E-state index contributed by atoms with van der Waals surface area (Å²) in [5.41, 5.74) is -1.03. The van der Waals surface area contributed by atoms with Crippen LogP contribution in [0.15, 0.2) is 42.5 Å². The summed E-state index contributed by atoms with van der Waals surface area (Å²) < 4.78 is 50.6. The maximum Gasteiger partial charge on any atom is 0.418 e. The van der Waals surface area contributed by atoms with Crippen molar-refractivity contribution in [2.24, 2.45) is 0 Å². The average molecular weight is 452 g/mol. The minimum atomic E-state index is -4.61. The van der Waals surface area contributed by atoms with E-state index in [9.17, 15) is 22.8 Å². The number of benzene rings is 2. The van der Waals surface area contributed by atoms with Crippen LogP contribution in [-0.4, -0.2) is 43.0 Å². The van der Waals surface area contributed by atoms with Crippen molar-refractivity contribution >= 4 is 17.5 Å². The first-order chi connectivity index (χ1) is 15.2. The predicted octanol–water partition coefficient (Wildman–Crippen LogP) is 4.99. The number of para-hydroxylation sites is 1. The van der Waals surface area contributed by atoms with Crippen LogP contribution in [0.4, 0.5) is 18.9 Å². The summed E-state index contributed by atoms with van der Waals surface area (Å²) in [5.74, 6) is -0.263. The maximum absolute atomic E-state index is 13.1. The lowest BCUT2D eigenvalue weighted by molar-refractivity contribution is -0.137. The standard InChI is InChI=1S/C23H27F3N2O4/c1-4-13-32-19-12-11-16(14-20(19)31-6-3)22(30)28(5-2)15-21(29)27-18-10-8-7-9-17(18)23(24,25)26/h7-12,14H,4-6,13,15H2,1-3H3,(H,27,29). The van der Waals surface area contributed by atoms with Crippen LogP contribution < -0.4 is 14.8 Å². The van der Waals surface area contributed by atoms with Gasteiger partial charge in [-0.3, -0.25) is 9.59 Å². The summed E-state index contributed by atoms with van der Waals surface area (Å²) in [6, 6.07) is 9.42. The minimum Gasteiger partial charge on any atom is -0.490 e. The molecule has 0 aliphatic heterocycles. The number of anilines is 1. The van der Waals surface area contributed by atoms with E-state index in [4.69, 9.17) is 9.47 Å². The van der Waals surface area contributed by atoms with Gasteiger partial charge in [-0.1, -0.05) is 19.1 Å². The number of halogens is 3. The second-order valence-corrected chi connectivity index (χ2v) is 6.85. The van der Waals surface area contributed by atoms with E-state index >= 15 is 0 Å². The topological polar surface area (TPSA) is 67.9 Å². The fourth-order valence-corrected chi connectivity index (χ4v) is 2.95. The second-order valence-electron chi connectivity index (χ2n) is 6.85. The quantitative estimate of drug-likeness (QED) is 0.551. The molecule has 1 N–H and O–H groups in total. The van der Waals surface area contributed by atoms with Crippen molar-refractivity contribution in [3.8, 4) is 11.5 Å². The third-order valence-corrected chi connectivity index (χ3v) is 4.46. The van der Waals surface area contributed by atoms with Crippen molar-refractivity contribution in [3.05, 3.63) is 53.6 Å². The molecule has 0 saturated heterocycles. The predicted molar refractivity (Wildman–Crippen MR) is 115 cm³/mol. The highest BCUT2D eigenvalue weighted by molar-refractivity contribution is 6.00. The zero-order chi connectivity index (χ0) is 23.7. The van der Waals surface area contributed by atoms with E-state index in [1.807, 2.05) is 6.92 Å². The highest BCUT2D eigenvalue weighted by Crippen LogP contribution is 2.34. The first-order valence-electron chi connectivity index (χ1n) is 10.4. The lowest BCUT2D eigenvalue weighted by Crippen LogP contribution is -2.38. The highest BCUT2D eigenvalue weighted by atomic mass is 19.4. The molecule has 0 fully saturated rings. The molecule has 2 rings (SSSR count). The minimum absolute atomic E-state index is 0.186. The average Bonchev–Trinajstić information content (AvgIpc) is 2.76. The van der Waals surface area contributed by atoms with E-state index in [0.29, 0.717) is 24.7 Å². The normalized spacial score (nSPS) is 11.1. The molecule has 0 radical (unpaired) electrons. The molecule has 32 heavy (non-hydrogen) atoms. The monoisotopic (exact) mass is 452 g/mol. The summed E-state index contributed by atoms with van der Waals surface area (Å²) in [4.78, 5) is 26.6. The molecule has 6 nitrogen and oxygen atoms in total. The molecule has 9 heteroatoms. The van der Waals surface area contributed by atoms with Crippen LogP contribution >= 0.6 is 0 Å². The number of alkyl halides is 3. The molecule has 0 spiro atoms. The van der Waals surface area contributed by atoms with Crippen LogP contribution in [-0.2, 0) is 11.0 Å². The lowest BCUT2D eigenvalue weighted by Gasteiger charge is -2.22. The number of nitrogens with one attached hydrogen (secondary N) is 1. The van der Waals surface area contributed by atoms with E-state index in [1.165, 1.54) is 29.2 Å². The molecule has 0 aromatic heterocycles. The molecule has 2 amide bonds. The molecule has 0 bridgehead atoms. The molecular formula is C23H27F3N2O4. The molecule has 0 atom stereocenters. The Morgan fingerprint density at radius 3 is 2.34 bits per heavy atom. The van der Waals surface area contributed by atoms with Gasteiger partial charge < -0.3 is 19.7 Å². The number of hydrogen-bond acceptors (Lipinski definition) is 4. The van der Waals surface area contributed by atoms with Crippen molar-refractivity contribution in [2.45, 2.75) is 33.4 Å². The Bertz CT molecular complexity index is 932. The Balaban J connectivity index is 2.16. The first kappa shape index (κ1) is 25.0. The zero-order valence-corrected chi connectivity index (χ0v) is 18.3. The number of nitrogens with zero attached hydrogens (tertiary/aromatic N) is 1. The maximum atomic E-state index is 13.1. The van der Waals surface area contributed by atoms with E-state index < -0.39 is 30.1 Å². The van der Waals surface area contributed by atoms with E-state index in [0.717, 1.165) is 12.5 Å². The van der Waals surface area contributed by atoms with E-state index in [2.05, 4.69) is 5.32 Å². The van der Waals surface area contributed by atoms with Crippen LogP contribution in [0.2, 0.25) is 0 Å². The van der Waals surface area contributed by atoms with Gasteiger partial charge >= 0.3 is 6.18 Å². The molecule has 0 heterocycles. The number of likely N-dealkylation sites (N-methyl/N-ethyl adjacent to an activating group) is 1.